The molecule has 21 heavy (non-hydrogen) atoms. The van der Waals surface area contributed by atoms with Crippen molar-refractivity contribution in [1.29, 1.82) is 0 Å². The lowest BCUT2D eigenvalue weighted by molar-refractivity contribution is 0.0776. The molecule has 1 aliphatic heterocycles. The summed E-state index contributed by atoms with van der Waals surface area (Å²) >= 11 is 2.66. The van der Waals surface area contributed by atoms with Crippen LogP contribution < -0.4 is 4.74 Å². The number of amides is 1. The maximum absolute atomic E-state index is 12.5. The summed E-state index contributed by atoms with van der Waals surface area (Å²) in [5.41, 5.74) is 0.816. The lowest BCUT2D eigenvalue weighted by Gasteiger charge is -2.15. The van der Waals surface area contributed by atoms with Gasteiger partial charge in [0.15, 0.2) is 0 Å². The van der Waals surface area contributed by atoms with Gasteiger partial charge < -0.3 is 9.64 Å². The Morgan fingerprint density at radius 1 is 1.57 bits per heavy atom. The van der Waals surface area contributed by atoms with E-state index < -0.39 is 0 Å². The minimum atomic E-state index is 0.0237. The number of ether oxygens (including phenoxy) is 1. The zero-order chi connectivity index (χ0) is 14.7. The lowest BCUT2D eigenvalue weighted by Crippen LogP contribution is -2.31. The highest BCUT2D eigenvalue weighted by Gasteiger charge is 2.31. The van der Waals surface area contributed by atoms with Gasteiger partial charge in [-0.3, -0.25) is 4.79 Å². The van der Waals surface area contributed by atoms with Gasteiger partial charge in [0.2, 0.25) is 0 Å². The summed E-state index contributed by atoms with van der Waals surface area (Å²) in [6.45, 7) is 3.38. The molecule has 112 valence electrons. The molecular formula is C13H16N4O2S2. The van der Waals surface area contributed by atoms with Crippen LogP contribution in [0.3, 0.4) is 0 Å². The van der Waals surface area contributed by atoms with Crippen molar-refractivity contribution in [3.8, 4) is 5.19 Å². The van der Waals surface area contributed by atoms with Crippen molar-refractivity contribution in [2.45, 2.75) is 32.3 Å². The zero-order valence-corrected chi connectivity index (χ0v) is 13.3. The quantitative estimate of drug-likeness (QED) is 0.844. The molecule has 0 radical (unpaired) electrons. The standard InChI is InChI=1S/C13H16N4O2S2/c1-2-3-10-11(21-16-15-10)12(18)17-6-4-9(8-17)19-13-14-5-7-20-13/h5,7,9H,2-4,6,8H2,1H3. The predicted octanol–water partition coefficient (Wildman–Crippen LogP) is 2.24. The van der Waals surface area contributed by atoms with Crippen LogP contribution in [0.15, 0.2) is 11.6 Å². The number of hydrogen-bond donors (Lipinski definition) is 0. The second-order valence-electron chi connectivity index (χ2n) is 4.88. The first-order valence-electron chi connectivity index (χ1n) is 6.94. The van der Waals surface area contributed by atoms with Gasteiger partial charge in [0, 0.05) is 24.5 Å². The van der Waals surface area contributed by atoms with Crippen LogP contribution in [0.5, 0.6) is 5.19 Å². The van der Waals surface area contributed by atoms with Crippen molar-refractivity contribution < 1.29 is 9.53 Å². The molecule has 1 fully saturated rings. The predicted molar refractivity (Wildman–Crippen MR) is 81.0 cm³/mol. The van der Waals surface area contributed by atoms with E-state index in [2.05, 4.69) is 21.5 Å². The lowest BCUT2D eigenvalue weighted by atomic mass is 10.2. The van der Waals surface area contributed by atoms with E-state index in [0.29, 0.717) is 23.2 Å². The van der Waals surface area contributed by atoms with E-state index in [1.165, 1.54) is 22.9 Å². The maximum atomic E-state index is 12.5. The van der Waals surface area contributed by atoms with Gasteiger partial charge in [-0.15, -0.1) is 5.10 Å². The van der Waals surface area contributed by atoms with E-state index in [9.17, 15) is 4.79 Å². The number of carbonyl (C=O) groups excluding carboxylic acids is 1. The van der Waals surface area contributed by atoms with E-state index in [0.717, 1.165) is 25.0 Å². The van der Waals surface area contributed by atoms with Crippen LogP contribution in [0.25, 0.3) is 0 Å². The Bertz CT molecular complexity index is 599. The smallest absolute Gasteiger partial charge is 0.273 e. The minimum Gasteiger partial charge on any atom is -0.465 e. The molecule has 1 aliphatic rings. The van der Waals surface area contributed by atoms with Gasteiger partial charge in [0.25, 0.3) is 11.1 Å². The Hall–Kier alpha value is -1.54. The van der Waals surface area contributed by atoms with Crippen molar-refractivity contribution >= 4 is 28.8 Å². The van der Waals surface area contributed by atoms with E-state index in [1.54, 1.807) is 6.20 Å². The Balaban J connectivity index is 1.62. The number of carbonyl (C=O) groups is 1. The molecule has 2 aromatic heterocycles. The van der Waals surface area contributed by atoms with Gasteiger partial charge in [-0.05, 0) is 18.0 Å². The van der Waals surface area contributed by atoms with Crippen molar-refractivity contribution in [3.05, 3.63) is 22.1 Å². The number of rotatable bonds is 5. The summed E-state index contributed by atoms with van der Waals surface area (Å²) in [7, 11) is 0. The van der Waals surface area contributed by atoms with Crippen LogP contribution in [0, 0.1) is 0 Å². The second-order valence-corrected chi connectivity index (χ2v) is 6.49. The normalized spacial score (nSPS) is 18.1. The number of aryl methyl sites for hydroxylation is 1. The summed E-state index contributed by atoms with van der Waals surface area (Å²) < 4.78 is 9.69. The summed E-state index contributed by atoms with van der Waals surface area (Å²) in [5, 5.41) is 6.61. The Morgan fingerprint density at radius 3 is 3.24 bits per heavy atom. The monoisotopic (exact) mass is 324 g/mol. The first kappa shape index (κ1) is 14.4. The molecule has 6 nitrogen and oxygen atoms in total. The third kappa shape index (κ3) is 3.21. The van der Waals surface area contributed by atoms with Gasteiger partial charge in [0.1, 0.15) is 11.0 Å². The molecule has 0 aliphatic carbocycles. The summed E-state index contributed by atoms with van der Waals surface area (Å²) in [6, 6.07) is 0. The van der Waals surface area contributed by atoms with Crippen molar-refractivity contribution in [3.63, 3.8) is 0 Å². The van der Waals surface area contributed by atoms with E-state index in [-0.39, 0.29) is 12.0 Å². The van der Waals surface area contributed by atoms with Crippen LogP contribution in [-0.2, 0) is 6.42 Å². The molecule has 0 spiro atoms. The van der Waals surface area contributed by atoms with Crippen LogP contribution in [0.4, 0.5) is 0 Å². The molecule has 1 saturated heterocycles. The third-order valence-corrected chi connectivity index (χ3v) is 4.76. The van der Waals surface area contributed by atoms with E-state index in [1.807, 2.05) is 10.3 Å². The average molecular weight is 324 g/mol. The Kier molecular flexibility index (Phi) is 4.45. The van der Waals surface area contributed by atoms with Crippen LogP contribution >= 0.6 is 22.9 Å². The molecular weight excluding hydrogens is 308 g/mol. The fourth-order valence-corrected chi connectivity index (χ4v) is 3.56. The topological polar surface area (TPSA) is 68.2 Å². The van der Waals surface area contributed by atoms with Crippen molar-refractivity contribution in [2.75, 3.05) is 13.1 Å². The Labute approximate surface area is 130 Å². The average Bonchev–Trinajstić information content (AvgIpc) is 3.20. The molecule has 2 aromatic rings. The van der Waals surface area contributed by atoms with Gasteiger partial charge in [-0.1, -0.05) is 29.2 Å². The summed E-state index contributed by atoms with van der Waals surface area (Å²) in [4.78, 5) is 19.2. The molecule has 3 heterocycles. The molecule has 0 saturated carbocycles. The fourth-order valence-electron chi connectivity index (χ4n) is 2.34. The molecule has 1 unspecified atom stereocenters. The second kappa shape index (κ2) is 6.48. The summed E-state index contributed by atoms with van der Waals surface area (Å²) in [6.07, 6.45) is 4.33. The first-order valence-corrected chi connectivity index (χ1v) is 8.60. The highest BCUT2D eigenvalue weighted by molar-refractivity contribution is 7.11. The number of aromatic nitrogens is 3. The first-order chi connectivity index (χ1) is 10.3. The number of likely N-dealkylation sites (tertiary alicyclic amines) is 1. The zero-order valence-electron chi connectivity index (χ0n) is 11.7. The van der Waals surface area contributed by atoms with Gasteiger partial charge in [-0.25, -0.2) is 4.98 Å². The minimum absolute atomic E-state index is 0.0237. The largest absolute Gasteiger partial charge is 0.465 e. The van der Waals surface area contributed by atoms with Crippen LogP contribution in [-0.4, -0.2) is 44.6 Å². The number of nitrogens with zero attached hydrogens (tertiary/aromatic N) is 4. The molecule has 1 amide bonds. The molecule has 0 bridgehead atoms. The number of hydrogen-bond acceptors (Lipinski definition) is 7. The van der Waals surface area contributed by atoms with Gasteiger partial charge >= 0.3 is 0 Å². The van der Waals surface area contributed by atoms with E-state index in [4.69, 9.17) is 4.74 Å². The maximum Gasteiger partial charge on any atom is 0.273 e. The fraction of sp³-hybridized carbons (Fsp3) is 0.538. The molecule has 0 N–H and O–H groups in total. The SMILES string of the molecule is CCCc1nnsc1C(=O)N1CCC(Oc2nccs2)C1. The summed E-state index contributed by atoms with van der Waals surface area (Å²) in [5.74, 6) is 0.0266. The molecule has 8 heteroatoms. The van der Waals surface area contributed by atoms with E-state index >= 15 is 0 Å². The molecule has 1 atom stereocenters. The van der Waals surface area contributed by atoms with Crippen LogP contribution in [0.2, 0.25) is 0 Å². The van der Waals surface area contributed by atoms with Crippen molar-refractivity contribution in [1.82, 2.24) is 19.5 Å². The molecule has 3 rings (SSSR count). The molecule has 0 aromatic carbocycles. The number of thiazole rings is 1. The third-order valence-electron chi connectivity index (χ3n) is 3.35. The highest BCUT2D eigenvalue weighted by atomic mass is 32.1. The van der Waals surface area contributed by atoms with Crippen LogP contribution in [0.1, 0.15) is 35.1 Å². The Morgan fingerprint density at radius 2 is 2.48 bits per heavy atom. The van der Waals surface area contributed by atoms with Gasteiger partial charge in [0.05, 0.1) is 12.2 Å². The van der Waals surface area contributed by atoms with Crippen molar-refractivity contribution in [2.24, 2.45) is 0 Å². The van der Waals surface area contributed by atoms with Gasteiger partial charge in [-0.2, -0.15) is 0 Å². The highest BCUT2D eigenvalue weighted by Crippen LogP contribution is 2.23.